The summed E-state index contributed by atoms with van der Waals surface area (Å²) in [6.07, 6.45) is 5.55. The molecule has 2 aromatic carbocycles. The maximum absolute atomic E-state index is 13.2. The minimum Gasteiger partial charge on any atom is -0.484 e. The number of benzene rings is 2. The number of nitrogens with one attached hydrogen (secondary N) is 1. The van der Waals surface area contributed by atoms with Crippen LogP contribution in [0.5, 0.6) is 5.75 Å². The molecule has 0 radical (unpaired) electrons. The molecule has 0 bridgehead atoms. The molecule has 1 aliphatic carbocycles. The lowest BCUT2D eigenvalue weighted by atomic mass is 9.95. The Labute approximate surface area is 198 Å². The van der Waals surface area contributed by atoms with Crippen LogP contribution in [0.4, 0.5) is 0 Å². The van der Waals surface area contributed by atoms with Gasteiger partial charge in [-0.05, 0) is 55.9 Å². The summed E-state index contributed by atoms with van der Waals surface area (Å²) >= 11 is 0. The lowest BCUT2D eigenvalue weighted by molar-refractivity contribution is -0.142. The number of rotatable bonds is 9. The Bertz CT molecular complexity index is 900. The van der Waals surface area contributed by atoms with Gasteiger partial charge >= 0.3 is 0 Å². The summed E-state index contributed by atoms with van der Waals surface area (Å²) in [5.41, 5.74) is 3.38. The van der Waals surface area contributed by atoms with Crippen molar-refractivity contribution in [2.24, 2.45) is 0 Å². The van der Waals surface area contributed by atoms with Crippen molar-refractivity contribution in [3.63, 3.8) is 0 Å². The first-order valence-electron chi connectivity index (χ1n) is 12.2. The zero-order valence-corrected chi connectivity index (χ0v) is 20.5. The van der Waals surface area contributed by atoms with Gasteiger partial charge in [-0.15, -0.1) is 0 Å². The molecule has 2 aromatic rings. The average Bonchev–Trinajstić information content (AvgIpc) is 2.82. The SMILES string of the molecule is Cc1ccc(CN(C(=O)COc2ccc(C(C)C)cc2)[C@@H](C)C(=O)NC2CCCCC2)cc1. The molecule has 0 saturated heterocycles. The summed E-state index contributed by atoms with van der Waals surface area (Å²) in [5.74, 6) is 0.801. The van der Waals surface area contributed by atoms with E-state index in [0.717, 1.165) is 36.8 Å². The molecule has 1 fully saturated rings. The molecule has 3 rings (SSSR count). The molecular weight excluding hydrogens is 412 g/mol. The number of hydrogen-bond acceptors (Lipinski definition) is 3. The van der Waals surface area contributed by atoms with Gasteiger partial charge in [0.1, 0.15) is 11.8 Å². The van der Waals surface area contributed by atoms with Crippen molar-refractivity contribution in [1.29, 1.82) is 0 Å². The van der Waals surface area contributed by atoms with Gasteiger partial charge in [-0.1, -0.05) is 75.1 Å². The Morgan fingerprint density at radius 1 is 0.970 bits per heavy atom. The fourth-order valence-electron chi connectivity index (χ4n) is 4.22. The second-order valence-electron chi connectivity index (χ2n) is 9.54. The van der Waals surface area contributed by atoms with Crippen LogP contribution in [-0.2, 0) is 16.1 Å². The summed E-state index contributed by atoms with van der Waals surface area (Å²) in [6, 6.07) is 15.5. The lowest BCUT2D eigenvalue weighted by Crippen LogP contribution is -2.51. The van der Waals surface area contributed by atoms with Gasteiger partial charge in [-0.2, -0.15) is 0 Å². The smallest absolute Gasteiger partial charge is 0.261 e. The molecule has 0 heterocycles. The van der Waals surface area contributed by atoms with E-state index in [2.05, 4.69) is 19.2 Å². The fourth-order valence-corrected chi connectivity index (χ4v) is 4.22. The van der Waals surface area contributed by atoms with E-state index in [4.69, 9.17) is 4.74 Å². The number of carbonyl (C=O) groups excluding carboxylic acids is 2. The predicted molar refractivity (Wildman–Crippen MR) is 132 cm³/mol. The van der Waals surface area contributed by atoms with Crippen molar-refractivity contribution in [3.05, 3.63) is 65.2 Å². The van der Waals surface area contributed by atoms with Gasteiger partial charge in [-0.3, -0.25) is 9.59 Å². The third-order valence-corrected chi connectivity index (χ3v) is 6.50. The van der Waals surface area contributed by atoms with Gasteiger partial charge in [0.2, 0.25) is 5.91 Å². The van der Waals surface area contributed by atoms with Gasteiger partial charge in [-0.25, -0.2) is 0 Å². The highest BCUT2D eigenvalue weighted by atomic mass is 16.5. The Morgan fingerprint density at radius 3 is 2.21 bits per heavy atom. The zero-order valence-electron chi connectivity index (χ0n) is 20.5. The van der Waals surface area contributed by atoms with Crippen LogP contribution in [0.1, 0.15) is 75.5 Å². The van der Waals surface area contributed by atoms with Gasteiger partial charge in [0.05, 0.1) is 0 Å². The lowest BCUT2D eigenvalue weighted by Gasteiger charge is -2.31. The topological polar surface area (TPSA) is 58.6 Å². The molecule has 178 valence electrons. The third kappa shape index (κ3) is 7.34. The van der Waals surface area contributed by atoms with E-state index in [1.165, 1.54) is 12.0 Å². The predicted octanol–water partition coefficient (Wildman–Crippen LogP) is 5.36. The monoisotopic (exact) mass is 450 g/mol. The van der Waals surface area contributed by atoms with Crippen LogP contribution in [0, 0.1) is 6.92 Å². The molecule has 33 heavy (non-hydrogen) atoms. The first kappa shape index (κ1) is 24.8. The molecule has 2 amide bonds. The largest absolute Gasteiger partial charge is 0.484 e. The second-order valence-corrected chi connectivity index (χ2v) is 9.54. The maximum atomic E-state index is 13.2. The molecule has 1 atom stereocenters. The third-order valence-electron chi connectivity index (χ3n) is 6.50. The first-order valence-corrected chi connectivity index (χ1v) is 12.2. The summed E-state index contributed by atoms with van der Waals surface area (Å²) in [7, 11) is 0. The number of nitrogens with zero attached hydrogens (tertiary/aromatic N) is 1. The van der Waals surface area contributed by atoms with Gasteiger partial charge in [0, 0.05) is 12.6 Å². The Morgan fingerprint density at radius 2 is 1.61 bits per heavy atom. The molecule has 0 spiro atoms. The van der Waals surface area contributed by atoms with Crippen LogP contribution in [0.25, 0.3) is 0 Å². The van der Waals surface area contributed by atoms with E-state index in [1.807, 2.05) is 62.4 Å². The van der Waals surface area contributed by atoms with E-state index in [-0.39, 0.29) is 24.5 Å². The van der Waals surface area contributed by atoms with Crippen molar-refractivity contribution in [1.82, 2.24) is 10.2 Å². The molecule has 1 aliphatic rings. The highest BCUT2D eigenvalue weighted by Gasteiger charge is 2.28. The number of hydrogen-bond donors (Lipinski definition) is 1. The van der Waals surface area contributed by atoms with E-state index in [9.17, 15) is 9.59 Å². The quantitative estimate of drug-likeness (QED) is 0.559. The molecule has 5 heteroatoms. The van der Waals surface area contributed by atoms with Crippen molar-refractivity contribution < 1.29 is 14.3 Å². The highest BCUT2D eigenvalue weighted by molar-refractivity contribution is 5.88. The van der Waals surface area contributed by atoms with Crippen molar-refractivity contribution >= 4 is 11.8 Å². The molecule has 1 N–H and O–H groups in total. The molecule has 0 aliphatic heterocycles. The minimum absolute atomic E-state index is 0.0938. The van der Waals surface area contributed by atoms with Crippen LogP contribution < -0.4 is 10.1 Å². The van der Waals surface area contributed by atoms with Crippen LogP contribution >= 0.6 is 0 Å². The molecule has 5 nitrogen and oxygen atoms in total. The van der Waals surface area contributed by atoms with E-state index in [1.54, 1.807) is 4.90 Å². The van der Waals surface area contributed by atoms with E-state index >= 15 is 0 Å². The van der Waals surface area contributed by atoms with Crippen molar-refractivity contribution in [3.8, 4) is 5.75 Å². The van der Waals surface area contributed by atoms with Gasteiger partial charge in [0.25, 0.3) is 5.91 Å². The molecule has 0 unspecified atom stereocenters. The number of carbonyl (C=O) groups is 2. The Kier molecular flexibility index (Phi) is 8.93. The Hall–Kier alpha value is -2.82. The van der Waals surface area contributed by atoms with Crippen LogP contribution in [0.15, 0.2) is 48.5 Å². The summed E-state index contributed by atoms with van der Waals surface area (Å²) < 4.78 is 5.80. The maximum Gasteiger partial charge on any atom is 0.261 e. The number of amides is 2. The first-order chi connectivity index (χ1) is 15.8. The van der Waals surface area contributed by atoms with Gasteiger partial charge in [0.15, 0.2) is 6.61 Å². The standard InChI is InChI=1S/C28H38N2O3/c1-20(2)24-14-16-26(17-15-24)33-19-27(31)30(18-23-12-10-21(3)11-13-23)22(4)28(32)29-25-8-6-5-7-9-25/h10-17,20,22,25H,5-9,18-19H2,1-4H3,(H,29,32)/t22-/m0/s1. The highest BCUT2D eigenvalue weighted by Crippen LogP contribution is 2.20. The molecule has 0 aromatic heterocycles. The summed E-state index contributed by atoms with van der Waals surface area (Å²) in [6.45, 7) is 8.39. The average molecular weight is 451 g/mol. The molecular formula is C28H38N2O3. The summed E-state index contributed by atoms with van der Waals surface area (Å²) in [5, 5.41) is 3.17. The molecule has 1 saturated carbocycles. The zero-order chi connectivity index (χ0) is 23.8. The van der Waals surface area contributed by atoms with Crippen LogP contribution in [0.3, 0.4) is 0 Å². The van der Waals surface area contributed by atoms with E-state index in [0.29, 0.717) is 18.2 Å². The van der Waals surface area contributed by atoms with Gasteiger partial charge < -0.3 is 15.0 Å². The second kappa shape index (κ2) is 11.9. The minimum atomic E-state index is -0.576. The fraction of sp³-hybridized carbons (Fsp3) is 0.500. The number of aryl methyl sites for hydroxylation is 1. The van der Waals surface area contributed by atoms with Crippen molar-refractivity contribution in [2.75, 3.05) is 6.61 Å². The summed E-state index contributed by atoms with van der Waals surface area (Å²) in [4.78, 5) is 27.9. The Balaban J connectivity index is 1.68. The van der Waals surface area contributed by atoms with E-state index < -0.39 is 6.04 Å². The van der Waals surface area contributed by atoms with Crippen molar-refractivity contribution in [2.45, 2.75) is 84.3 Å². The normalized spacial score (nSPS) is 15.2. The van der Waals surface area contributed by atoms with Crippen LogP contribution in [0.2, 0.25) is 0 Å². The van der Waals surface area contributed by atoms with Crippen LogP contribution in [-0.4, -0.2) is 35.4 Å². The number of ether oxygens (including phenoxy) is 1.